The van der Waals surface area contributed by atoms with Gasteiger partial charge in [0.25, 0.3) is 0 Å². The first-order valence-electron chi connectivity index (χ1n) is 6.07. The third kappa shape index (κ3) is 3.40. The highest BCUT2D eigenvalue weighted by atomic mass is 79.9. The number of halogens is 1. The molecule has 94 valence electrons. The van der Waals surface area contributed by atoms with Crippen LogP contribution in [0.5, 0.6) is 0 Å². The topological polar surface area (TPSA) is 24.9 Å². The van der Waals surface area contributed by atoms with Gasteiger partial charge in [-0.1, -0.05) is 30.3 Å². The van der Waals surface area contributed by atoms with Gasteiger partial charge in [-0.05, 0) is 53.0 Å². The van der Waals surface area contributed by atoms with E-state index in [1.54, 1.807) is 0 Å². The van der Waals surface area contributed by atoms with Crippen LogP contribution in [0.2, 0.25) is 0 Å². The molecule has 0 aliphatic rings. The van der Waals surface area contributed by atoms with Crippen molar-refractivity contribution in [1.82, 2.24) is 10.3 Å². The van der Waals surface area contributed by atoms with Gasteiger partial charge in [0.15, 0.2) is 0 Å². The largest absolute Gasteiger partial charge is 0.305 e. The summed E-state index contributed by atoms with van der Waals surface area (Å²) in [6.45, 7) is 5.10. The SMILES string of the molecule is Cc1ccccc1C(C)NCc1cccc(Br)n1. The van der Waals surface area contributed by atoms with Crippen molar-refractivity contribution in [3.63, 3.8) is 0 Å². The number of nitrogens with zero attached hydrogens (tertiary/aromatic N) is 1. The van der Waals surface area contributed by atoms with E-state index in [1.807, 2.05) is 18.2 Å². The summed E-state index contributed by atoms with van der Waals surface area (Å²) in [5, 5.41) is 3.50. The Labute approximate surface area is 117 Å². The van der Waals surface area contributed by atoms with Gasteiger partial charge in [-0.3, -0.25) is 0 Å². The van der Waals surface area contributed by atoms with E-state index in [2.05, 4.69) is 64.3 Å². The van der Waals surface area contributed by atoms with Crippen molar-refractivity contribution in [1.29, 1.82) is 0 Å². The van der Waals surface area contributed by atoms with Gasteiger partial charge in [0.2, 0.25) is 0 Å². The van der Waals surface area contributed by atoms with E-state index in [4.69, 9.17) is 0 Å². The molecule has 2 rings (SSSR count). The second-order valence-corrected chi connectivity index (χ2v) is 5.22. The summed E-state index contributed by atoms with van der Waals surface area (Å²) >= 11 is 3.39. The van der Waals surface area contributed by atoms with Crippen LogP contribution in [0, 0.1) is 6.92 Å². The van der Waals surface area contributed by atoms with Crippen LogP contribution < -0.4 is 5.32 Å². The molecule has 0 spiro atoms. The van der Waals surface area contributed by atoms with Crippen molar-refractivity contribution in [2.45, 2.75) is 26.4 Å². The summed E-state index contributed by atoms with van der Waals surface area (Å²) in [6.07, 6.45) is 0. The molecule has 1 atom stereocenters. The minimum absolute atomic E-state index is 0.326. The Morgan fingerprint density at radius 1 is 1.17 bits per heavy atom. The Hall–Kier alpha value is -1.19. The zero-order valence-corrected chi connectivity index (χ0v) is 12.2. The van der Waals surface area contributed by atoms with Crippen LogP contribution in [0.1, 0.15) is 29.8 Å². The van der Waals surface area contributed by atoms with Crippen LogP contribution in [0.15, 0.2) is 47.1 Å². The van der Waals surface area contributed by atoms with E-state index < -0.39 is 0 Å². The second-order valence-electron chi connectivity index (χ2n) is 4.41. The second kappa shape index (κ2) is 6.12. The van der Waals surface area contributed by atoms with Crippen LogP contribution >= 0.6 is 15.9 Å². The fourth-order valence-corrected chi connectivity index (χ4v) is 2.37. The smallest absolute Gasteiger partial charge is 0.106 e. The maximum absolute atomic E-state index is 4.42. The molecule has 1 aromatic heterocycles. The number of pyridine rings is 1. The molecule has 1 unspecified atom stereocenters. The average Bonchev–Trinajstić information content (AvgIpc) is 2.37. The molecule has 0 bridgehead atoms. The first-order chi connectivity index (χ1) is 8.66. The highest BCUT2D eigenvalue weighted by Gasteiger charge is 2.07. The third-order valence-corrected chi connectivity index (χ3v) is 3.46. The van der Waals surface area contributed by atoms with Gasteiger partial charge < -0.3 is 5.32 Å². The number of hydrogen-bond acceptors (Lipinski definition) is 2. The highest BCUT2D eigenvalue weighted by Crippen LogP contribution is 2.17. The fraction of sp³-hybridized carbons (Fsp3) is 0.267. The number of aryl methyl sites for hydroxylation is 1. The zero-order chi connectivity index (χ0) is 13.0. The number of nitrogens with one attached hydrogen (secondary N) is 1. The van der Waals surface area contributed by atoms with E-state index in [0.29, 0.717) is 6.04 Å². The quantitative estimate of drug-likeness (QED) is 0.864. The van der Waals surface area contributed by atoms with Crippen LogP contribution in [0.3, 0.4) is 0 Å². The monoisotopic (exact) mass is 304 g/mol. The molecule has 2 nitrogen and oxygen atoms in total. The van der Waals surface area contributed by atoms with Gasteiger partial charge in [-0.25, -0.2) is 4.98 Å². The first kappa shape index (κ1) is 13.2. The van der Waals surface area contributed by atoms with Crippen molar-refractivity contribution < 1.29 is 0 Å². The van der Waals surface area contributed by atoms with Crippen LogP contribution in [-0.2, 0) is 6.54 Å². The molecule has 1 N–H and O–H groups in total. The Morgan fingerprint density at radius 3 is 2.67 bits per heavy atom. The van der Waals surface area contributed by atoms with Gasteiger partial charge >= 0.3 is 0 Å². The minimum atomic E-state index is 0.326. The Bertz CT molecular complexity index is 525. The molecule has 1 aromatic carbocycles. The molecule has 0 fully saturated rings. The van der Waals surface area contributed by atoms with Gasteiger partial charge in [0.1, 0.15) is 4.60 Å². The average molecular weight is 305 g/mol. The molecule has 0 aliphatic heterocycles. The maximum Gasteiger partial charge on any atom is 0.106 e. The van der Waals surface area contributed by atoms with Crippen molar-refractivity contribution in [2.24, 2.45) is 0 Å². The summed E-state index contributed by atoms with van der Waals surface area (Å²) in [7, 11) is 0. The summed E-state index contributed by atoms with van der Waals surface area (Å²) in [4.78, 5) is 4.42. The first-order valence-corrected chi connectivity index (χ1v) is 6.86. The Kier molecular flexibility index (Phi) is 4.50. The van der Waals surface area contributed by atoms with Gasteiger partial charge in [-0.15, -0.1) is 0 Å². The lowest BCUT2D eigenvalue weighted by molar-refractivity contribution is 0.565. The molecular weight excluding hydrogens is 288 g/mol. The van der Waals surface area contributed by atoms with Crippen molar-refractivity contribution in [3.05, 3.63) is 63.9 Å². The molecule has 1 heterocycles. The molecule has 0 aliphatic carbocycles. The molecule has 0 saturated heterocycles. The number of rotatable bonds is 4. The summed E-state index contributed by atoms with van der Waals surface area (Å²) in [5.74, 6) is 0. The van der Waals surface area contributed by atoms with Crippen LogP contribution in [0.4, 0.5) is 0 Å². The molecule has 2 aromatic rings. The molecule has 0 amide bonds. The fourth-order valence-electron chi connectivity index (χ4n) is 1.99. The van der Waals surface area contributed by atoms with Crippen LogP contribution in [-0.4, -0.2) is 4.98 Å². The molecule has 18 heavy (non-hydrogen) atoms. The highest BCUT2D eigenvalue weighted by molar-refractivity contribution is 9.10. The van der Waals surface area contributed by atoms with E-state index >= 15 is 0 Å². The Morgan fingerprint density at radius 2 is 1.94 bits per heavy atom. The van der Waals surface area contributed by atoms with E-state index in [9.17, 15) is 0 Å². The zero-order valence-electron chi connectivity index (χ0n) is 10.7. The minimum Gasteiger partial charge on any atom is -0.305 e. The summed E-state index contributed by atoms with van der Waals surface area (Å²) in [6, 6.07) is 14.8. The van der Waals surface area contributed by atoms with E-state index in [1.165, 1.54) is 11.1 Å². The predicted octanol–water partition coefficient (Wildman–Crippen LogP) is 4.00. The van der Waals surface area contributed by atoms with Gasteiger partial charge in [-0.2, -0.15) is 0 Å². The number of hydrogen-bond donors (Lipinski definition) is 1. The Balaban J connectivity index is 2.00. The van der Waals surface area contributed by atoms with E-state index in [0.717, 1.165) is 16.8 Å². The number of aromatic nitrogens is 1. The van der Waals surface area contributed by atoms with Crippen molar-refractivity contribution in [2.75, 3.05) is 0 Å². The van der Waals surface area contributed by atoms with Crippen molar-refractivity contribution in [3.8, 4) is 0 Å². The molecule has 3 heteroatoms. The normalized spacial score (nSPS) is 12.4. The lowest BCUT2D eigenvalue weighted by atomic mass is 10.0. The van der Waals surface area contributed by atoms with Gasteiger partial charge in [0, 0.05) is 12.6 Å². The van der Waals surface area contributed by atoms with Gasteiger partial charge in [0.05, 0.1) is 5.69 Å². The standard InChI is InChI=1S/C15H17BrN2/c1-11-6-3-4-8-14(11)12(2)17-10-13-7-5-9-15(16)18-13/h3-9,12,17H,10H2,1-2H3. The summed E-state index contributed by atoms with van der Waals surface area (Å²) in [5.41, 5.74) is 3.71. The maximum atomic E-state index is 4.42. The molecule has 0 radical (unpaired) electrons. The summed E-state index contributed by atoms with van der Waals surface area (Å²) < 4.78 is 0.880. The van der Waals surface area contributed by atoms with Crippen LogP contribution in [0.25, 0.3) is 0 Å². The predicted molar refractivity (Wildman–Crippen MR) is 78.4 cm³/mol. The lowest BCUT2D eigenvalue weighted by Gasteiger charge is -2.16. The lowest BCUT2D eigenvalue weighted by Crippen LogP contribution is -2.19. The molecular formula is C15H17BrN2. The van der Waals surface area contributed by atoms with E-state index in [-0.39, 0.29) is 0 Å². The third-order valence-electron chi connectivity index (χ3n) is 3.02. The van der Waals surface area contributed by atoms with Crippen molar-refractivity contribution >= 4 is 15.9 Å². The molecule has 0 saturated carbocycles. The number of benzene rings is 1.